The Bertz CT molecular complexity index is 632. The lowest BCUT2D eigenvalue weighted by molar-refractivity contribution is -0.149. The number of hydrogen-bond donors (Lipinski definition) is 1. The maximum absolute atomic E-state index is 11.8. The number of aliphatic hydroxyl groups excluding tert-OH is 1. The van der Waals surface area contributed by atoms with Crippen LogP contribution < -0.4 is 0 Å². The van der Waals surface area contributed by atoms with Crippen LogP contribution in [-0.2, 0) is 14.3 Å². The third kappa shape index (κ3) is 2.48. The summed E-state index contributed by atoms with van der Waals surface area (Å²) < 4.78 is 4.94. The number of rotatable bonds is 3. The second-order valence-corrected chi connectivity index (χ2v) is 7.89. The van der Waals surface area contributed by atoms with Crippen LogP contribution in [0, 0.1) is 22.7 Å². The highest BCUT2D eigenvalue weighted by molar-refractivity contribution is 5.93. The van der Waals surface area contributed by atoms with E-state index in [4.69, 9.17) is 4.74 Å². The number of carbonyl (C=O) groups is 2. The van der Waals surface area contributed by atoms with E-state index in [1.54, 1.807) is 6.08 Å². The molecule has 2 fully saturated rings. The Kier molecular flexibility index (Phi) is 4.28. The number of ether oxygens (including phenoxy) is 1. The SMILES string of the molecule is C=C1CCC2[C@](C)(C=O)[C@H](O)CC[C@@]2(C)[C@@H]1/C=C/C1=CCOC1=O. The molecule has 0 amide bonds. The first kappa shape index (κ1) is 17.2. The van der Waals surface area contributed by atoms with E-state index in [2.05, 4.69) is 19.6 Å². The molecule has 4 nitrogen and oxygen atoms in total. The Labute approximate surface area is 143 Å². The molecule has 5 atom stereocenters. The minimum Gasteiger partial charge on any atom is -0.458 e. The van der Waals surface area contributed by atoms with Gasteiger partial charge in [-0.25, -0.2) is 4.79 Å². The van der Waals surface area contributed by atoms with Crippen molar-refractivity contribution in [1.29, 1.82) is 0 Å². The van der Waals surface area contributed by atoms with Gasteiger partial charge < -0.3 is 14.6 Å². The number of hydrogen-bond acceptors (Lipinski definition) is 4. The van der Waals surface area contributed by atoms with E-state index in [1.807, 2.05) is 13.0 Å². The Balaban J connectivity index is 1.94. The third-order valence-electron chi connectivity index (χ3n) is 6.60. The number of aldehydes is 1. The van der Waals surface area contributed by atoms with Gasteiger partial charge in [0.05, 0.1) is 17.1 Å². The molecule has 3 aliphatic rings. The molecule has 1 unspecified atom stereocenters. The summed E-state index contributed by atoms with van der Waals surface area (Å²) in [6, 6.07) is 0. The Morgan fingerprint density at radius 2 is 2.12 bits per heavy atom. The molecule has 1 heterocycles. The van der Waals surface area contributed by atoms with Crippen molar-refractivity contribution in [2.45, 2.75) is 45.6 Å². The van der Waals surface area contributed by atoms with Crippen molar-refractivity contribution in [3.05, 3.63) is 36.0 Å². The zero-order valence-electron chi connectivity index (χ0n) is 14.5. The van der Waals surface area contributed by atoms with Gasteiger partial charge in [-0.05, 0) is 43.1 Å². The summed E-state index contributed by atoms with van der Waals surface area (Å²) in [6.07, 6.45) is 9.21. The summed E-state index contributed by atoms with van der Waals surface area (Å²) in [5.74, 6) is -0.0839. The van der Waals surface area contributed by atoms with Crippen molar-refractivity contribution in [3.8, 4) is 0 Å². The summed E-state index contributed by atoms with van der Waals surface area (Å²) in [6.45, 7) is 8.67. The van der Waals surface area contributed by atoms with E-state index >= 15 is 0 Å². The lowest BCUT2D eigenvalue weighted by Gasteiger charge is -2.58. The highest BCUT2D eigenvalue weighted by Crippen LogP contribution is 2.60. The van der Waals surface area contributed by atoms with E-state index in [1.165, 1.54) is 0 Å². The Hall–Kier alpha value is -1.68. The molecule has 0 spiro atoms. The molecular formula is C20H26O4. The molecule has 1 aliphatic heterocycles. The van der Waals surface area contributed by atoms with E-state index in [0.717, 1.165) is 31.1 Å². The number of fused-ring (bicyclic) bond motifs is 1. The number of allylic oxidation sites excluding steroid dienone is 2. The second kappa shape index (κ2) is 5.99. The average molecular weight is 330 g/mol. The standard InChI is InChI=1S/C20H26O4/c1-13-4-7-16-19(2,10-8-17(22)20(16,3)12-21)15(13)6-5-14-9-11-24-18(14)23/h5-6,9,12,15-17,22H,1,4,7-8,10-11H2,2-3H3/b6-5+/t15-,16?,17-,19+,20+/m1/s1. The lowest BCUT2D eigenvalue weighted by Crippen LogP contribution is -2.56. The molecule has 0 radical (unpaired) electrons. The van der Waals surface area contributed by atoms with Gasteiger partial charge in [-0.1, -0.05) is 38.2 Å². The molecule has 24 heavy (non-hydrogen) atoms. The first-order valence-electron chi connectivity index (χ1n) is 8.70. The maximum Gasteiger partial charge on any atom is 0.338 e. The van der Waals surface area contributed by atoms with Crippen LogP contribution in [0.3, 0.4) is 0 Å². The molecule has 4 heteroatoms. The van der Waals surface area contributed by atoms with Gasteiger partial charge in [-0.2, -0.15) is 0 Å². The Morgan fingerprint density at radius 1 is 1.38 bits per heavy atom. The molecule has 0 bridgehead atoms. The van der Waals surface area contributed by atoms with Crippen molar-refractivity contribution in [2.75, 3.05) is 6.61 Å². The van der Waals surface area contributed by atoms with Gasteiger partial charge in [0.25, 0.3) is 0 Å². The minimum absolute atomic E-state index is 0.0947. The van der Waals surface area contributed by atoms with Crippen LogP contribution in [0.2, 0.25) is 0 Å². The minimum atomic E-state index is -0.717. The Morgan fingerprint density at radius 3 is 2.75 bits per heavy atom. The van der Waals surface area contributed by atoms with Crippen LogP contribution in [0.5, 0.6) is 0 Å². The van der Waals surface area contributed by atoms with Crippen LogP contribution in [0.25, 0.3) is 0 Å². The third-order valence-corrected chi connectivity index (χ3v) is 6.60. The van der Waals surface area contributed by atoms with E-state index in [0.29, 0.717) is 18.6 Å². The zero-order valence-corrected chi connectivity index (χ0v) is 14.5. The van der Waals surface area contributed by atoms with Crippen LogP contribution in [0.1, 0.15) is 39.5 Å². The number of cyclic esters (lactones) is 1. The van der Waals surface area contributed by atoms with Gasteiger partial charge in [0, 0.05) is 5.92 Å². The summed E-state index contributed by atoms with van der Waals surface area (Å²) in [7, 11) is 0. The highest BCUT2D eigenvalue weighted by Gasteiger charge is 2.57. The fraction of sp³-hybridized carbons (Fsp3) is 0.600. The van der Waals surface area contributed by atoms with Crippen LogP contribution >= 0.6 is 0 Å². The monoisotopic (exact) mass is 330 g/mol. The summed E-state index contributed by atoms with van der Waals surface area (Å²) >= 11 is 0. The zero-order chi connectivity index (χ0) is 17.5. The number of aliphatic hydroxyl groups is 1. The van der Waals surface area contributed by atoms with Crippen molar-refractivity contribution in [1.82, 2.24) is 0 Å². The normalized spacial score (nSPS) is 42.6. The van der Waals surface area contributed by atoms with Gasteiger partial charge in [-0.3, -0.25) is 0 Å². The molecule has 0 aromatic carbocycles. The largest absolute Gasteiger partial charge is 0.458 e. The molecule has 2 saturated carbocycles. The number of carbonyl (C=O) groups excluding carboxylic acids is 2. The van der Waals surface area contributed by atoms with E-state index in [9.17, 15) is 14.7 Å². The van der Waals surface area contributed by atoms with Gasteiger partial charge >= 0.3 is 5.97 Å². The predicted molar refractivity (Wildman–Crippen MR) is 91.1 cm³/mol. The van der Waals surface area contributed by atoms with Gasteiger partial charge in [0.2, 0.25) is 0 Å². The fourth-order valence-corrected chi connectivity index (χ4v) is 5.07. The number of esters is 1. The first-order chi connectivity index (χ1) is 11.3. The van der Waals surface area contributed by atoms with E-state index < -0.39 is 11.5 Å². The molecule has 0 aromatic heterocycles. The van der Waals surface area contributed by atoms with Crippen molar-refractivity contribution >= 4 is 12.3 Å². The molecule has 1 N–H and O–H groups in total. The smallest absolute Gasteiger partial charge is 0.338 e. The molecule has 3 rings (SSSR count). The van der Waals surface area contributed by atoms with Crippen molar-refractivity contribution in [3.63, 3.8) is 0 Å². The van der Waals surface area contributed by atoms with Crippen molar-refractivity contribution in [2.24, 2.45) is 22.7 Å². The molecule has 0 saturated heterocycles. The van der Waals surface area contributed by atoms with Crippen LogP contribution in [0.4, 0.5) is 0 Å². The molecular weight excluding hydrogens is 304 g/mol. The first-order valence-corrected chi connectivity index (χ1v) is 8.70. The maximum atomic E-state index is 11.8. The van der Waals surface area contributed by atoms with Crippen LogP contribution in [0.15, 0.2) is 36.0 Å². The van der Waals surface area contributed by atoms with Crippen LogP contribution in [-0.4, -0.2) is 30.1 Å². The lowest BCUT2D eigenvalue weighted by atomic mass is 9.46. The second-order valence-electron chi connectivity index (χ2n) is 7.89. The average Bonchev–Trinajstić information content (AvgIpc) is 2.96. The quantitative estimate of drug-likeness (QED) is 0.491. The summed E-state index contributed by atoms with van der Waals surface area (Å²) in [5, 5.41) is 10.4. The van der Waals surface area contributed by atoms with Gasteiger partial charge in [-0.15, -0.1) is 0 Å². The molecule has 2 aliphatic carbocycles. The van der Waals surface area contributed by atoms with Gasteiger partial charge in [0.15, 0.2) is 0 Å². The van der Waals surface area contributed by atoms with E-state index in [-0.39, 0.29) is 23.2 Å². The summed E-state index contributed by atoms with van der Waals surface area (Å²) in [4.78, 5) is 23.5. The predicted octanol–water partition coefficient (Wildman–Crippen LogP) is 2.97. The van der Waals surface area contributed by atoms with Crippen molar-refractivity contribution < 1.29 is 19.4 Å². The highest BCUT2D eigenvalue weighted by atomic mass is 16.5. The fourth-order valence-electron chi connectivity index (χ4n) is 5.07. The topological polar surface area (TPSA) is 63.6 Å². The van der Waals surface area contributed by atoms with Gasteiger partial charge in [0.1, 0.15) is 12.9 Å². The summed E-state index contributed by atoms with van der Waals surface area (Å²) in [5.41, 5.74) is 0.874. The molecule has 0 aromatic rings. The molecule has 130 valence electrons.